The van der Waals surface area contributed by atoms with Crippen LogP contribution in [-0.2, 0) is 6.54 Å². The summed E-state index contributed by atoms with van der Waals surface area (Å²) < 4.78 is 7.03. The minimum atomic E-state index is -0.127. The highest BCUT2D eigenvalue weighted by molar-refractivity contribution is 6.31. The van der Waals surface area contributed by atoms with Crippen LogP contribution in [0.2, 0.25) is 10.2 Å². The summed E-state index contributed by atoms with van der Waals surface area (Å²) >= 11 is 12.3. The Morgan fingerprint density at radius 3 is 2.83 bits per heavy atom. The molecule has 0 spiro atoms. The quantitative estimate of drug-likeness (QED) is 0.915. The van der Waals surface area contributed by atoms with Crippen molar-refractivity contribution in [3.63, 3.8) is 0 Å². The molecule has 0 radical (unpaired) electrons. The maximum Gasteiger partial charge on any atom is 0.198 e. The summed E-state index contributed by atoms with van der Waals surface area (Å²) in [5.41, 5.74) is 1.77. The van der Waals surface area contributed by atoms with E-state index in [1.165, 1.54) is 0 Å². The highest BCUT2D eigenvalue weighted by Gasteiger charge is 2.23. The fourth-order valence-electron chi connectivity index (χ4n) is 2.00. The Bertz CT molecular complexity index is 521. The van der Waals surface area contributed by atoms with E-state index in [1.54, 1.807) is 12.5 Å². The SMILES string of the molecule is CCCn1ncc(Cl)c1C(NC)c1ccoc1Cl. The van der Waals surface area contributed by atoms with E-state index in [9.17, 15) is 0 Å². The Hall–Kier alpha value is -0.970. The summed E-state index contributed by atoms with van der Waals surface area (Å²) in [5.74, 6) is 0. The Balaban J connectivity index is 2.45. The van der Waals surface area contributed by atoms with Crippen molar-refractivity contribution in [3.05, 3.63) is 40.0 Å². The fourth-order valence-corrected chi connectivity index (χ4v) is 2.47. The lowest BCUT2D eigenvalue weighted by Crippen LogP contribution is -2.22. The van der Waals surface area contributed by atoms with Crippen LogP contribution in [0.3, 0.4) is 0 Å². The van der Waals surface area contributed by atoms with Crippen molar-refractivity contribution < 1.29 is 4.42 Å². The van der Waals surface area contributed by atoms with Crippen LogP contribution in [0, 0.1) is 0 Å². The van der Waals surface area contributed by atoms with Gasteiger partial charge < -0.3 is 9.73 Å². The normalized spacial score (nSPS) is 12.9. The van der Waals surface area contributed by atoms with Crippen molar-refractivity contribution in [2.75, 3.05) is 7.05 Å². The lowest BCUT2D eigenvalue weighted by molar-refractivity contribution is 0.525. The van der Waals surface area contributed by atoms with Gasteiger partial charge in [0, 0.05) is 12.1 Å². The van der Waals surface area contributed by atoms with Gasteiger partial charge in [-0.05, 0) is 31.1 Å². The van der Waals surface area contributed by atoms with E-state index >= 15 is 0 Å². The van der Waals surface area contributed by atoms with E-state index in [0.29, 0.717) is 10.2 Å². The van der Waals surface area contributed by atoms with Gasteiger partial charge in [-0.3, -0.25) is 4.68 Å². The standard InChI is InChI=1S/C12H15Cl2N3O/c1-3-5-17-11(9(13)7-16-17)10(15-2)8-4-6-18-12(8)14/h4,6-7,10,15H,3,5H2,1-2H3. The number of aromatic nitrogens is 2. The maximum absolute atomic E-state index is 6.23. The molecule has 98 valence electrons. The number of aryl methyl sites for hydroxylation is 1. The van der Waals surface area contributed by atoms with E-state index in [-0.39, 0.29) is 6.04 Å². The van der Waals surface area contributed by atoms with Gasteiger partial charge in [0.1, 0.15) is 0 Å². The first-order chi connectivity index (χ1) is 8.69. The van der Waals surface area contributed by atoms with Gasteiger partial charge in [0.05, 0.1) is 29.2 Å². The van der Waals surface area contributed by atoms with E-state index < -0.39 is 0 Å². The molecule has 0 aliphatic carbocycles. The minimum absolute atomic E-state index is 0.127. The Morgan fingerprint density at radius 2 is 2.28 bits per heavy atom. The molecule has 0 bridgehead atoms. The Labute approximate surface area is 116 Å². The molecule has 6 heteroatoms. The van der Waals surface area contributed by atoms with Gasteiger partial charge in [-0.15, -0.1) is 0 Å². The average Bonchev–Trinajstić information content (AvgIpc) is 2.91. The van der Waals surface area contributed by atoms with Gasteiger partial charge >= 0.3 is 0 Å². The monoisotopic (exact) mass is 287 g/mol. The van der Waals surface area contributed by atoms with Gasteiger partial charge in [0.2, 0.25) is 0 Å². The summed E-state index contributed by atoms with van der Waals surface area (Å²) in [6.07, 6.45) is 4.21. The molecule has 4 nitrogen and oxygen atoms in total. The van der Waals surface area contributed by atoms with Gasteiger partial charge in [-0.25, -0.2) is 0 Å². The predicted molar refractivity (Wildman–Crippen MR) is 72.1 cm³/mol. The second-order valence-corrected chi connectivity index (χ2v) is 4.72. The average molecular weight is 288 g/mol. The van der Waals surface area contributed by atoms with Crippen LogP contribution in [0.15, 0.2) is 22.9 Å². The fraction of sp³-hybridized carbons (Fsp3) is 0.417. The van der Waals surface area contributed by atoms with Crippen LogP contribution >= 0.6 is 23.2 Å². The summed E-state index contributed by atoms with van der Waals surface area (Å²) in [4.78, 5) is 0. The zero-order valence-electron chi connectivity index (χ0n) is 10.3. The van der Waals surface area contributed by atoms with E-state index in [2.05, 4.69) is 17.3 Å². The lowest BCUT2D eigenvalue weighted by atomic mass is 10.1. The van der Waals surface area contributed by atoms with Gasteiger partial charge in [-0.1, -0.05) is 18.5 Å². The van der Waals surface area contributed by atoms with Gasteiger partial charge in [-0.2, -0.15) is 5.10 Å². The molecule has 0 fully saturated rings. The Morgan fingerprint density at radius 1 is 1.50 bits per heavy atom. The van der Waals surface area contributed by atoms with Crippen LogP contribution in [0.25, 0.3) is 0 Å². The number of furan rings is 1. The lowest BCUT2D eigenvalue weighted by Gasteiger charge is -2.17. The molecule has 0 amide bonds. The van der Waals surface area contributed by atoms with Crippen molar-refractivity contribution in [2.24, 2.45) is 0 Å². The summed E-state index contributed by atoms with van der Waals surface area (Å²) in [6.45, 7) is 2.91. The molecular weight excluding hydrogens is 273 g/mol. The first-order valence-corrected chi connectivity index (χ1v) is 6.56. The van der Waals surface area contributed by atoms with Crippen LogP contribution < -0.4 is 5.32 Å². The number of hydrogen-bond donors (Lipinski definition) is 1. The molecule has 0 saturated heterocycles. The topological polar surface area (TPSA) is 43.0 Å². The van der Waals surface area contributed by atoms with Crippen molar-refractivity contribution in [1.82, 2.24) is 15.1 Å². The third-order valence-electron chi connectivity index (χ3n) is 2.79. The molecule has 0 aliphatic heterocycles. The molecule has 18 heavy (non-hydrogen) atoms. The summed E-state index contributed by atoms with van der Waals surface area (Å²) in [5, 5.41) is 8.48. The van der Waals surface area contributed by atoms with E-state index in [4.69, 9.17) is 27.6 Å². The summed E-state index contributed by atoms with van der Waals surface area (Å²) in [6, 6.07) is 1.71. The van der Waals surface area contributed by atoms with Crippen molar-refractivity contribution >= 4 is 23.2 Å². The number of hydrogen-bond acceptors (Lipinski definition) is 3. The molecule has 1 unspecified atom stereocenters. The second kappa shape index (κ2) is 5.78. The Kier molecular flexibility index (Phi) is 4.32. The zero-order chi connectivity index (χ0) is 13.1. The summed E-state index contributed by atoms with van der Waals surface area (Å²) in [7, 11) is 1.85. The van der Waals surface area contributed by atoms with E-state index in [0.717, 1.165) is 24.2 Å². The number of rotatable bonds is 5. The second-order valence-electron chi connectivity index (χ2n) is 3.97. The first kappa shape index (κ1) is 13.5. The predicted octanol–water partition coefficient (Wildman–Crippen LogP) is 3.50. The van der Waals surface area contributed by atoms with Crippen LogP contribution in [-0.4, -0.2) is 16.8 Å². The molecule has 2 rings (SSSR count). The molecule has 1 N–H and O–H groups in total. The molecule has 0 aliphatic rings. The number of nitrogens with one attached hydrogen (secondary N) is 1. The smallest absolute Gasteiger partial charge is 0.198 e. The zero-order valence-corrected chi connectivity index (χ0v) is 11.8. The molecule has 0 saturated carbocycles. The van der Waals surface area contributed by atoms with Gasteiger partial charge in [0.15, 0.2) is 5.22 Å². The van der Waals surface area contributed by atoms with Crippen molar-refractivity contribution in [3.8, 4) is 0 Å². The van der Waals surface area contributed by atoms with Crippen molar-refractivity contribution in [1.29, 1.82) is 0 Å². The van der Waals surface area contributed by atoms with Gasteiger partial charge in [0.25, 0.3) is 0 Å². The highest BCUT2D eigenvalue weighted by atomic mass is 35.5. The number of nitrogens with zero attached hydrogens (tertiary/aromatic N) is 2. The minimum Gasteiger partial charge on any atom is -0.453 e. The largest absolute Gasteiger partial charge is 0.453 e. The third-order valence-corrected chi connectivity index (χ3v) is 3.39. The van der Waals surface area contributed by atoms with Crippen LogP contribution in [0.1, 0.15) is 30.6 Å². The maximum atomic E-state index is 6.23. The van der Waals surface area contributed by atoms with Crippen LogP contribution in [0.5, 0.6) is 0 Å². The van der Waals surface area contributed by atoms with Crippen LogP contribution in [0.4, 0.5) is 0 Å². The molecule has 1 atom stereocenters. The molecule has 0 aromatic carbocycles. The number of halogens is 2. The first-order valence-electron chi connectivity index (χ1n) is 5.80. The van der Waals surface area contributed by atoms with E-state index in [1.807, 2.05) is 17.8 Å². The molecule has 2 aromatic heterocycles. The molecular formula is C12H15Cl2N3O. The molecule has 2 aromatic rings. The van der Waals surface area contributed by atoms with Crippen molar-refractivity contribution in [2.45, 2.75) is 25.9 Å². The molecule has 2 heterocycles. The highest BCUT2D eigenvalue weighted by Crippen LogP contribution is 2.32. The third kappa shape index (κ3) is 2.41.